The summed E-state index contributed by atoms with van der Waals surface area (Å²) in [6.07, 6.45) is 0. The average Bonchev–Trinajstić information content (AvgIpc) is 2.26. The third-order valence-electron chi connectivity index (χ3n) is 2.97. The van der Waals surface area contributed by atoms with Gasteiger partial charge in [0.1, 0.15) is 0 Å². The fourth-order valence-corrected chi connectivity index (χ4v) is 2.52. The first-order chi connectivity index (χ1) is 9.02. The quantitative estimate of drug-likeness (QED) is 0.858. The summed E-state index contributed by atoms with van der Waals surface area (Å²) in [5.41, 5.74) is 10.3. The topological polar surface area (TPSA) is 29.3 Å². The SMILES string of the molecule is Cc1cccc(CN(C)Cc2cc(N)cc(Cl)c2)c1. The van der Waals surface area contributed by atoms with Crippen molar-refractivity contribution in [3.05, 3.63) is 64.2 Å². The van der Waals surface area contributed by atoms with E-state index in [1.807, 2.05) is 12.1 Å². The molecule has 0 radical (unpaired) electrons. The van der Waals surface area contributed by atoms with Crippen LogP contribution in [0.1, 0.15) is 16.7 Å². The number of anilines is 1. The minimum Gasteiger partial charge on any atom is -0.399 e. The minimum atomic E-state index is 0.693. The molecule has 100 valence electrons. The fraction of sp³-hybridized carbons (Fsp3) is 0.250. The van der Waals surface area contributed by atoms with Gasteiger partial charge in [-0.3, -0.25) is 4.90 Å². The maximum absolute atomic E-state index is 6.02. The monoisotopic (exact) mass is 274 g/mol. The van der Waals surface area contributed by atoms with Gasteiger partial charge in [-0.25, -0.2) is 0 Å². The van der Waals surface area contributed by atoms with Gasteiger partial charge in [-0.1, -0.05) is 41.4 Å². The summed E-state index contributed by atoms with van der Waals surface area (Å²) in [4.78, 5) is 2.25. The second-order valence-electron chi connectivity index (χ2n) is 5.05. The third-order valence-corrected chi connectivity index (χ3v) is 3.19. The molecule has 0 aliphatic carbocycles. The molecular formula is C16H19ClN2. The van der Waals surface area contributed by atoms with Gasteiger partial charge in [0.2, 0.25) is 0 Å². The predicted octanol–water partition coefficient (Wildman–Crippen LogP) is 3.86. The number of hydrogen-bond donors (Lipinski definition) is 1. The van der Waals surface area contributed by atoms with Crippen molar-refractivity contribution in [3.63, 3.8) is 0 Å². The lowest BCUT2D eigenvalue weighted by molar-refractivity contribution is 0.319. The van der Waals surface area contributed by atoms with Gasteiger partial charge < -0.3 is 5.73 Å². The molecule has 0 heterocycles. The molecule has 2 aromatic carbocycles. The van der Waals surface area contributed by atoms with Crippen molar-refractivity contribution in [2.75, 3.05) is 12.8 Å². The van der Waals surface area contributed by atoms with Crippen LogP contribution in [0.2, 0.25) is 5.02 Å². The van der Waals surface area contributed by atoms with Crippen molar-refractivity contribution in [2.45, 2.75) is 20.0 Å². The van der Waals surface area contributed by atoms with Crippen LogP contribution < -0.4 is 5.73 Å². The Kier molecular flexibility index (Phi) is 4.46. The van der Waals surface area contributed by atoms with Crippen molar-refractivity contribution >= 4 is 17.3 Å². The number of benzene rings is 2. The zero-order valence-electron chi connectivity index (χ0n) is 11.4. The second kappa shape index (κ2) is 6.09. The fourth-order valence-electron chi connectivity index (χ4n) is 2.26. The largest absolute Gasteiger partial charge is 0.399 e. The molecule has 19 heavy (non-hydrogen) atoms. The van der Waals surface area contributed by atoms with Crippen LogP contribution in [0.15, 0.2) is 42.5 Å². The summed E-state index contributed by atoms with van der Waals surface area (Å²) in [5.74, 6) is 0. The summed E-state index contributed by atoms with van der Waals surface area (Å²) in [6.45, 7) is 3.86. The Morgan fingerprint density at radius 1 is 1.05 bits per heavy atom. The van der Waals surface area contributed by atoms with Crippen LogP contribution in [0.3, 0.4) is 0 Å². The van der Waals surface area contributed by atoms with Gasteiger partial charge in [-0.2, -0.15) is 0 Å². The lowest BCUT2D eigenvalue weighted by Gasteiger charge is -2.17. The lowest BCUT2D eigenvalue weighted by Crippen LogP contribution is -2.17. The molecule has 2 N–H and O–H groups in total. The van der Waals surface area contributed by atoms with Gasteiger partial charge in [0.25, 0.3) is 0 Å². The highest BCUT2D eigenvalue weighted by Gasteiger charge is 2.04. The van der Waals surface area contributed by atoms with Crippen LogP contribution in [0.25, 0.3) is 0 Å². The first-order valence-electron chi connectivity index (χ1n) is 6.32. The molecule has 0 aliphatic rings. The number of halogens is 1. The maximum Gasteiger partial charge on any atom is 0.0429 e. The Morgan fingerprint density at radius 3 is 2.47 bits per heavy atom. The van der Waals surface area contributed by atoms with Crippen LogP contribution in [-0.2, 0) is 13.1 Å². The Labute approximate surface area is 119 Å². The summed E-state index contributed by atoms with van der Waals surface area (Å²) >= 11 is 6.02. The molecule has 0 aromatic heterocycles. The highest BCUT2D eigenvalue weighted by Crippen LogP contribution is 2.18. The van der Waals surface area contributed by atoms with E-state index in [1.165, 1.54) is 11.1 Å². The average molecular weight is 275 g/mol. The zero-order valence-corrected chi connectivity index (χ0v) is 12.1. The third kappa shape index (κ3) is 4.27. The summed E-state index contributed by atoms with van der Waals surface area (Å²) < 4.78 is 0. The molecule has 0 saturated carbocycles. The van der Waals surface area contributed by atoms with E-state index >= 15 is 0 Å². The van der Waals surface area contributed by atoms with Crippen LogP contribution in [-0.4, -0.2) is 11.9 Å². The van der Waals surface area contributed by atoms with Gasteiger partial charge in [0.05, 0.1) is 0 Å². The molecule has 0 saturated heterocycles. The normalized spacial score (nSPS) is 10.9. The van der Waals surface area contributed by atoms with Crippen molar-refractivity contribution in [1.29, 1.82) is 0 Å². The van der Waals surface area contributed by atoms with E-state index in [0.29, 0.717) is 10.7 Å². The van der Waals surface area contributed by atoms with E-state index in [1.54, 1.807) is 6.07 Å². The molecule has 2 aromatic rings. The van der Waals surface area contributed by atoms with Gasteiger partial charge in [0, 0.05) is 23.8 Å². The van der Waals surface area contributed by atoms with Crippen molar-refractivity contribution in [3.8, 4) is 0 Å². The molecule has 0 unspecified atom stereocenters. The van der Waals surface area contributed by atoms with Gasteiger partial charge in [-0.05, 0) is 43.3 Å². The number of aryl methyl sites for hydroxylation is 1. The van der Waals surface area contributed by atoms with Crippen LogP contribution >= 0.6 is 11.6 Å². The molecule has 0 fully saturated rings. The molecule has 0 spiro atoms. The Hall–Kier alpha value is -1.51. The van der Waals surface area contributed by atoms with E-state index < -0.39 is 0 Å². The molecular weight excluding hydrogens is 256 g/mol. The number of nitrogens with zero attached hydrogens (tertiary/aromatic N) is 1. The number of nitrogens with two attached hydrogens (primary N) is 1. The molecule has 0 aliphatic heterocycles. The Morgan fingerprint density at radius 2 is 1.79 bits per heavy atom. The van der Waals surface area contributed by atoms with E-state index in [9.17, 15) is 0 Å². The Bertz CT molecular complexity index is 546. The number of hydrogen-bond acceptors (Lipinski definition) is 2. The molecule has 0 atom stereocenters. The maximum atomic E-state index is 6.02. The van der Waals surface area contributed by atoms with Gasteiger partial charge in [0.15, 0.2) is 0 Å². The standard InChI is InChI=1S/C16H19ClN2/c1-12-4-3-5-13(6-12)10-19(2)11-14-7-15(17)9-16(18)8-14/h3-9H,10-11,18H2,1-2H3. The van der Waals surface area contributed by atoms with Crippen molar-refractivity contribution in [1.82, 2.24) is 4.90 Å². The lowest BCUT2D eigenvalue weighted by atomic mass is 10.1. The van der Waals surface area contributed by atoms with Gasteiger partial charge >= 0.3 is 0 Å². The number of rotatable bonds is 4. The highest BCUT2D eigenvalue weighted by molar-refractivity contribution is 6.30. The first-order valence-corrected chi connectivity index (χ1v) is 6.70. The summed E-state index contributed by atoms with van der Waals surface area (Å²) in [6, 6.07) is 14.3. The van der Waals surface area contributed by atoms with Crippen LogP contribution in [0.4, 0.5) is 5.69 Å². The van der Waals surface area contributed by atoms with Crippen molar-refractivity contribution < 1.29 is 0 Å². The van der Waals surface area contributed by atoms with Crippen LogP contribution in [0, 0.1) is 6.92 Å². The molecule has 2 nitrogen and oxygen atoms in total. The molecule has 2 rings (SSSR count). The zero-order chi connectivity index (χ0) is 13.8. The van der Waals surface area contributed by atoms with E-state index in [4.69, 9.17) is 17.3 Å². The Balaban J connectivity index is 2.03. The van der Waals surface area contributed by atoms with Crippen LogP contribution in [0.5, 0.6) is 0 Å². The molecule has 0 amide bonds. The minimum absolute atomic E-state index is 0.693. The van der Waals surface area contributed by atoms with E-state index in [2.05, 4.69) is 43.1 Å². The molecule has 3 heteroatoms. The second-order valence-corrected chi connectivity index (χ2v) is 5.49. The number of nitrogen functional groups attached to an aromatic ring is 1. The predicted molar refractivity (Wildman–Crippen MR) is 82.2 cm³/mol. The highest BCUT2D eigenvalue weighted by atomic mass is 35.5. The molecule has 0 bridgehead atoms. The van der Waals surface area contributed by atoms with Crippen molar-refractivity contribution in [2.24, 2.45) is 0 Å². The van der Waals surface area contributed by atoms with E-state index in [-0.39, 0.29) is 0 Å². The smallest absolute Gasteiger partial charge is 0.0429 e. The van der Waals surface area contributed by atoms with E-state index in [0.717, 1.165) is 18.7 Å². The first kappa shape index (κ1) is 13.9. The van der Waals surface area contributed by atoms with Gasteiger partial charge in [-0.15, -0.1) is 0 Å². The summed E-state index contributed by atoms with van der Waals surface area (Å²) in [5, 5.41) is 0.693. The summed E-state index contributed by atoms with van der Waals surface area (Å²) in [7, 11) is 2.10.